The van der Waals surface area contributed by atoms with Gasteiger partial charge in [-0.15, -0.1) is 0 Å². The van der Waals surface area contributed by atoms with E-state index in [1.807, 2.05) is 0 Å². The molecule has 0 aliphatic carbocycles. The third-order valence-corrected chi connectivity index (χ3v) is 4.51. The molecule has 0 unspecified atom stereocenters. The van der Waals surface area contributed by atoms with E-state index in [2.05, 4.69) is 4.99 Å². The van der Waals surface area contributed by atoms with Crippen molar-refractivity contribution in [3.05, 3.63) is 71.3 Å². The Morgan fingerprint density at radius 3 is 2.00 bits per heavy atom. The first-order valence-corrected chi connectivity index (χ1v) is 8.38. The molecule has 2 aromatic carbocycles. The number of rotatable bonds is 2. The van der Waals surface area contributed by atoms with Gasteiger partial charge in [-0.3, -0.25) is 4.99 Å². The molecule has 1 heterocycles. The van der Waals surface area contributed by atoms with Gasteiger partial charge in [0.2, 0.25) is 0 Å². The second-order valence-corrected chi connectivity index (χ2v) is 6.03. The van der Waals surface area contributed by atoms with E-state index in [-0.39, 0.29) is 5.82 Å². The lowest BCUT2D eigenvalue weighted by molar-refractivity contribution is 0.157. The molecule has 3 rings (SSSR count). The summed E-state index contributed by atoms with van der Waals surface area (Å²) in [5.74, 6) is -0.776. The molecule has 124 valence electrons. The molecule has 1 N–H and O–H groups in total. The van der Waals surface area contributed by atoms with Crippen molar-refractivity contribution in [3.63, 3.8) is 0 Å². The molecule has 4 nitrogen and oxygen atoms in total. The lowest BCUT2D eigenvalue weighted by Gasteiger charge is -2.26. The molecule has 0 fully saturated rings. The van der Waals surface area contributed by atoms with E-state index in [1.165, 1.54) is 40.9 Å². The topological polar surface area (TPSA) is 52.9 Å². The van der Waals surface area contributed by atoms with Crippen LogP contribution in [0.5, 0.6) is 0 Å². The number of thioether (sulfide) groups is 1. The van der Waals surface area contributed by atoms with E-state index in [9.17, 15) is 18.7 Å². The molecule has 0 aromatic heterocycles. The fourth-order valence-corrected chi connectivity index (χ4v) is 3.38. The van der Waals surface area contributed by atoms with Gasteiger partial charge < -0.3 is 5.11 Å². The summed E-state index contributed by atoms with van der Waals surface area (Å²) in [6.07, 6.45) is 0.603. The Hall–Kier alpha value is -2.41. The predicted octanol–water partition coefficient (Wildman–Crippen LogP) is 4.46. The average molecular weight is 348 g/mol. The standard InChI is InChI=1S/C17H14F2N2O2S/c1-24-16-20-14(10-2-6-12(18)7-3-10)15(21(16)17(22)23)11-4-8-13(19)9-5-11/h2-9,14-15H,1H3,(H,22,23)/t14-,15+/m1/s1. The number of carbonyl (C=O) groups is 1. The molecule has 7 heteroatoms. The van der Waals surface area contributed by atoms with E-state index in [0.717, 1.165) is 0 Å². The molecule has 2 atom stereocenters. The maximum atomic E-state index is 13.2. The van der Waals surface area contributed by atoms with E-state index >= 15 is 0 Å². The quantitative estimate of drug-likeness (QED) is 0.872. The van der Waals surface area contributed by atoms with Crippen molar-refractivity contribution in [2.24, 2.45) is 4.99 Å². The summed E-state index contributed by atoms with van der Waals surface area (Å²) < 4.78 is 26.4. The summed E-state index contributed by atoms with van der Waals surface area (Å²) in [6, 6.07) is 10.3. The average Bonchev–Trinajstić information content (AvgIpc) is 2.96. The van der Waals surface area contributed by atoms with Crippen LogP contribution >= 0.6 is 11.8 Å². The van der Waals surface area contributed by atoms with Crippen molar-refractivity contribution in [2.75, 3.05) is 6.26 Å². The highest BCUT2D eigenvalue weighted by Gasteiger charge is 2.41. The van der Waals surface area contributed by atoms with Crippen molar-refractivity contribution >= 4 is 23.0 Å². The fourth-order valence-electron chi connectivity index (χ4n) is 2.77. The monoisotopic (exact) mass is 348 g/mol. The number of benzene rings is 2. The lowest BCUT2D eigenvalue weighted by atomic mass is 9.94. The number of hydrogen-bond acceptors (Lipinski definition) is 3. The van der Waals surface area contributed by atoms with Crippen molar-refractivity contribution in [1.29, 1.82) is 0 Å². The summed E-state index contributed by atoms with van der Waals surface area (Å²) >= 11 is 1.22. The third-order valence-electron chi connectivity index (χ3n) is 3.84. The molecule has 0 saturated carbocycles. The van der Waals surface area contributed by atoms with Gasteiger partial charge in [-0.1, -0.05) is 36.0 Å². The smallest absolute Gasteiger partial charge is 0.414 e. The van der Waals surface area contributed by atoms with E-state index in [1.54, 1.807) is 30.5 Å². The molecule has 1 amide bonds. The van der Waals surface area contributed by atoms with Crippen molar-refractivity contribution in [3.8, 4) is 0 Å². The van der Waals surface area contributed by atoms with Gasteiger partial charge in [-0.05, 0) is 41.6 Å². The first-order chi connectivity index (χ1) is 11.5. The van der Waals surface area contributed by atoms with Gasteiger partial charge in [0.1, 0.15) is 17.7 Å². The van der Waals surface area contributed by atoms with Gasteiger partial charge in [0.25, 0.3) is 0 Å². The Morgan fingerprint density at radius 2 is 1.54 bits per heavy atom. The Labute approximate surface area is 141 Å². The SMILES string of the molecule is CSC1=N[C@H](c2ccc(F)cc2)[C@H](c2ccc(F)cc2)N1C(=O)O. The van der Waals surface area contributed by atoms with Crippen LogP contribution in [-0.4, -0.2) is 27.5 Å². The zero-order chi connectivity index (χ0) is 17.3. The molecule has 0 spiro atoms. The van der Waals surface area contributed by atoms with Crippen LogP contribution in [0.3, 0.4) is 0 Å². The zero-order valence-electron chi connectivity index (χ0n) is 12.7. The highest BCUT2D eigenvalue weighted by atomic mass is 32.2. The Balaban J connectivity index is 2.09. The van der Waals surface area contributed by atoms with E-state index in [0.29, 0.717) is 16.3 Å². The number of aliphatic imine (C=N–C) groups is 1. The fraction of sp³-hybridized carbons (Fsp3) is 0.176. The van der Waals surface area contributed by atoms with Gasteiger partial charge in [-0.2, -0.15) is 0 Å². The summed E-state index contributed by atoms with van der Waals surface area (Å²) in [6.45, 7) is 0. The molecule has 0 bridgehead atoms. The van der Waals surface area contributed by atoms with Crippen LogP contribution in [0, 0.1) is 11.6 Å². The largest absolute Gasteiger partial charge is 0.465 e. The number of amidine groups is 1. The highest BCUT2D eigenvalue weighted by Crippen LogP contribution is 2.43. The maximum absolute atomic E-state index is 13.2. The summed E-state index contributed by atoms with van der Waals surface area (Å²) in [7, 11) is 0. The van der Waals surface area contributed by atoms with Crippen molar-refractivity contribution in [1.82, 2.24) is 4.90 Å². The van der Waals surface area contributed by atoms with Crippen LogP contribution in [0.15, 0.2) is 53.5 Å². The van der Waals surface area contributed by atoms with Gasteiger partial charge in [0.05, 0.1) is 6.04 Å². The number of nitrogens with zero attached hydrogens (tertiary/aromatic N) is 2. The molecule has 0 radical (unpaired) electrons. The number of halogens is 2. The van der Waals surface area contributed by atoms with Crippen molar-refractivity contribution < 1.29 is 18.7 Å². The van der Waals surface area contributed by atoms with E-state index in [4.69, 9.17) is 0 Å². The van der Waals surface area contributed by atoms with Crippen LogP contribution < -0.4 is 0 Å². The van der Waals surface area contributed by atoms with Crippen LogP contribution in [0.25, 0.3) is 0 Å². The minimum absolute atomic E-state index is 0.353. The first-order valence-electron chi connectivity index (χ1n) is 7.16. The van der Waals surface area contributed by atoms with Gasteiger partial charge >= 0.3 is 6.09 Å². The molecule has 1 aliphatic heterocycles. The first kappa shape index (κ1) is 16.4. The van der Waals surface area contributed by atoms with E-state index < -0.39 is 24.0 Å². The summed E-state index contributed by atoms with van der Waals surface area (Å²) in [5.41, 5.74) is 1.32. The summed E-state index contributed by atoms with van der Waals surface area (Å²) in [5, 5.41) is 9.96. The third kappa shape index (κ3) is 2.99. The molecule has 24 heavy (non-hydrogen) atoms. The molecule has 1 aliphatic rings. The van der Waals surface area contributed by atoms with Crippen LogP contribution in [0.1, 0.15) is 23.2 Å². The minimum Gasteiger partial charge on any atom is -0.465 e. The number of amides is 1. The molecular weight excluding hydrogens is 334 g/mol. The highest BCUT2D eigenvalue weighted by molar-refractivity contribution is 8.13. The maximum Gasteiger partial charge on any atom is 0.414 e. The molecule has 2 aromatic rings. The Morgan fingerprint density at radius 1 is 1.04 bits per heavy atom. The van der Waals surface area contributed by atoms with Crippen LogP contribution in [0.4, 0.5) is 13.6 Å². The minimum atomic E-state index is -1.14. The van der Waals surface area contributed by atoms with Crippen LogP contribution in [-0.2, 0) is 0 Å². The summed E-state index contributed by atoms with van der Waals surface area (Å²) in [4.78, 5) is 17.4. The second kappa shape index (κ2) is 6.60. The lowest BCUT2D eigenvalue weighted by Crippen LogP contribution is -2.34. The molecular formula is C17H14F2N2O2S. The van der Waals surface area contributed by atoms with Gasteiger partial charge in [0.15, 0.2) is 5.17 Å². The Kier molecular flexibility index (Phi) is 4.53. The van der Waals surface area contributed by atoms with Crippen molar-refractivity contribution in [2.45, 2.75) is 12.1 Å². The van der Waals surface area contributed by atoms with Gasteiger partial charge in [-0.25, -0.2) is 18.5 Å². The predicted molar refractivity (Wildman–Crippen MR) is 89.1 cm³/mol. The number of hydrogen-bond donors (Lipinski definition) is 1. The zero-order valence-corrected chi connectivity index (χ0v) is 13.5. The normalized spacial score (nSPS) is 20.1. The number of carboxylic acid groups (broad SMARTS) is 1. The second-order valence-electron chi connectivity index (χ2n) is 5.26. The van der Waals surface area contributed by atoms with Crippen LogP contribution in [0.2, 0.25) is 0 Å². The Bertz CT molecular complexity index is 778. The molecule has 0 saturated heterocycles. The van der Waals surface area contributed by atoms with Gasteiger partial charge in [0, 0.05) is 0 Å².